The minimum atomic E-state index is -6.04. The molecule has 1 fully saturated rings. The number of benzene rings is 2. The van der Waals surface area contributed by atoms with Crippen molar-refractivity contribution in [3.05, 3.63) is 107 Å². The molecule has 0 spiro atoms. The Hall–Kier alpha value is -4.72. The second-order valence-electron chi connectivity index (χ2n) is 12.7. The second kappa shape index (κ2) is 15.5. The van der Waals surface area contributed by atoms with Crippen molar-refractivity contribution in [3.63, 3.8) is 0 Å². The summed E-state index contributed by atoms with van der Waals surface area (Å²) in [4.78, 5) is 27.9. The maximum atomic E-state index is 14.0. The van der Waals surface area contributed by atoms with Crippen molar-refractivity contribution >= 4 is 11.9 Å². The number of amides is 3. The molecule has 2 heterocycles. The van der Waals surface area contributed by atoms with Crippen molar-refractivity contribution in [1.29, 1.82) is 0 Å². The SMILES string of the molecule is CC=CCC1=CC(C(O)(C(F)(F)F)C(F)(F)F)C=CC(Cc2ccccc2)=C1OCCCCN1C(=O)NC(CC)(c2ccc3c(c2)OCCO3)C1=O. The lowest BCUT2D eigenvalue weighted by molar-refractivity contribution is -0.376. The number of allylic oxidation sites excluding steroid dienone is 5. The van der Waals surface area contributed by atoms with E-state index in [1.165, 1.54) is 0 Å². The molecular weight excluding hydrogens is 694 g/mol. The highest BCUT2D eigenvalue weighted by atomic mass is 19.4. The number of hydrogen-bond acceptors (Lipinski definition) is 6. The van der Waals surface area contributed by atoms with Gasteiger partial charge in [-0.25, -0.2) is 4.79 Å². The Morgan fingerprint density at radius 2 is 1.69 bits per heavy atom. The van der Waals surface area contributed by atoms with Gasteiger partial charge in [0.15, 0.2) is 11.5 Å². The minimum Gasteiger partial charge on any atom is -0.493 e. The van der Waals surface area contributed by atoms with Crippen LogP contribution in [-0.2, 0) is 21.5 Å². The molecule has 2 atom stereocenters. The fourth-order valence-electron chi connectivity index (χ4n) is 6.52. The number of hydrogen-bond donors (Lipinski definition) is 2. The third-order valence-corrected chi connectivity index (χ3v) is 9.39. The molecule has 5 rings (SSSR count). The predicted octanol–water partition coefficient (Wildman–Crippen LogP) is 7.84. The van der Waals surface area contributed by atoms with Gasteiger partial charge in [0.05, 0.1) is 6.61 Å². The van der Waals surface area contributed by atoms with Crippen molar-refractivity contribution in [2.75, 3.05) is 26.4 Å². The standard InChI is InChI=1S/C38H40F6N2O6/c1-3-5-13-26-23-29(36(49,37(39,40)41)38(42,43)44)15-14-27(22-25-11-7-6-8-12-25)32(26)52-19-10-9-18-46-33(47)35(4-2,45-34(46)48)28-16-17-30-31(24-28)51-21-20-50-30/h3,5-8,11-12,14-17,23-24,29,49H,4,9-10,13,18-22H2,1-2H3,(H,45,48). The maximum Gasteiger partial charge on any atom is 0.427 e. The van der Waals surface area contributed by atoms with E-state index in [0.717, 1.165) is 22.6 Å². The summed E-state index contributed by atoms with van der Waals surface area (Å²) in [6, 6.07) is 13.3. The van der Waals surface area contributed by atoms with Crippen molar-refractivity contribution < 1.29 is 55.2 Å². The molecular formula is C38H40F6N2O6. The molecule has 8 nitrogen and oxygen atoms in total. The average molecular weight is 735 g/mol. The molecule has 280 valence electrons. The summed E-state index contributed by atoms with van der Waals surface area (Å²) in [7, 11) is 0. The summed E-state index contributed by atoms with van der Waals surface area (Å²) in [5, 5.41) is 13.1. The number of nitrogens with zero attached hydrogens (tertiary/aromatic N) is 1. The Balaban J connectivity index is 1.35. The lowest BCUT2D eigenvalue weighted by atomic mass is 9.84. The first-order valence-electron chi connectivity index (χ1n) is 17.0. The normalized spacial score (nSPS) is 21.1. The molecule has 2 aliphatic heterocycles. The molecule has 0 bridgehead atoms. The number of unbranched alkanes of at least 4 members (excludes halogenated alkanes) is 1. The number of fused-ring (bicyclic) bond motifs is 1. The van der Waals surface area contributed by atoms with Crippen LogP contribution in [-0.4, -0.2) is 66.3 Å². The zero-order chi connectivity index (χ0) is 37.7. The van der Waals surface area contributed by atoms with E-state index in [-0.39, 0.29) is 56.6 Å². The van der Waals surface area contributed by atoms with Gasteiger partial charge in [0.25, 0.3) is 11.5 Å². The van der Waals surface area contributed by atoms with E-state index in [1.54, 1.807) is 74.5 Å². The van der Waals surface area contributed by atoms with Gasteiger partial charge in [-0.2, -0.15) is 26.3 Å². The van der Waals surface area contributed by atoms with E-state index in [2.05, 4.69) is 5.32 Å². The third-order valence-electron chi connectivity index (χ3n) is 9.39. The Morgan fingerprint density at radius 3 is 2.35 bits per heavy atom. The number of nitrogens with one attached hydrogen (secondary N) is 1. The Labute approximate surface area is 297 Å². The molecule has 1 saturated heterocycles. The number of imide groups is 1. The van der Waals surface area contributed by atoms with Gasteiger partial charge < -0.3 is 24.6 Å². The van der Waals surface area contributed by atoms with Crippen LogP contribution in [0.5, 0.6) is 11.5 Å². The zero-order valence-electron chi connectivity index (χ0n) is 28.7. The van der Waals surface area contributed by atoms with Crippen LogP contribution in [0.3, 0.4) is 0 Å². The lowest BCUT2D eigenvalue weighted by Gasteiger charge is -2.36. The molecule has 2 unspecified atom stereocenters. The maximum absolute atomic E-state index is 14.0. The summed E-state index contributed by atoms with van der Waals surface area (Å²) < 4.78 is 101. The summed E-state index contributed by atoms with van der Waals surface area (Å²) in [6.07, 6.45) is -5.41. The molecule has 0 saturated carbocycles. The number of carbonyl (C=O) groups is 2. The first kappa shape index (κ1) is 38.5. The molecule has 0 radical (unpaired) electrons. The topological polar surface area (TPSA) is 97.3 Å². The van der Waals surface area contributed by atoms with Crippen LogP contribution in [0.2, 0.25) is 0 Å². The predicted molar refractivity (Wildman–Crippen MR) is 179 cm³/mol. The number of aliphatic hydroxyl groups is 1. The lowest BCUT2D eigenvalue weighted by Crippen LogP contribution is -2.60. The highest BCUT2D eigenvalue weighted by molar-refractivity contribution is 6.07. The van der Waals surface area contributed by atoms with Crippen molar-refractivity contribution in [2.45, 2.75) is 69.4 Å². The van der Waals surface area contributed by atoms with Gasteiger partial charge in [-0.1, -0.05) is 73.7 Å². The molecule has 3 aliphatic rings. The Morgan fingerprint density at radius 1 is 1.00 bits per heavy atom. The van der Waals surface area contributed by atoms with E-state index < -0.39 is 41.3 Å². The number of carbonyl (C=O) groups excluding carboxylic acids is 2. The summed E-state index contributed by atoms with van der Waals surface area (Å²) in [6.45, 7) is 4.18. The van der Waals surface area contributed by atoms with E-state index in [1.807, 2.05) is 0 Å². The minimum absolute atomic E-state index is 0.0314. The largest absolute Gasteiger partial charge is 0.493 e. The molecule has 2 aromatic rings. The summed E-state index contributed by atoms with van der Waals surface area (Å²) in [5.74, 6) is -1.85. The highest BCUT2D eigenvalue weighted by Gasteiger charge is 2.73. The smallest absolute Gasteiger partial charge is 0.427 e. The number of rotatable bonds is 13. The Kier molecular flexibility index (Phi) is 11.5. The molecule has 1 aliphatic carbocycles. The van der Waals surface area contributed by atoms with Gasteiger partial charge in [0.1, 0.15) is 24.5 Å². The molecule has 0 aromatic heterocycles. The van der Waals surface area contributed by atoms with Crippen molar-refractivity contribution in [1.82, 2.24) is 10.2 Å². The third kappa shape index (κ3) is 7.57. The monoisotopic (exact) mass is 734 g/mol. The first-order valence-corrected chi connectivity index (χ1v) is 17.0. The van der Waals surface area contributed by atoms with Crippen LogP contribution in [0, 0.1) is 5.92 Å². The molecule has 14 heteroatoms. The quantitative estimate of drug-likeness (QED) is 0.0943. The van der Waals surface area contributed by atoms with Gasteiger partial charge in [0.2, 0.25) is 0 Å². The van der Waals surface area contributed by atoms with Crippen LogP contribution >= 0.6 is 0 Å². The average Bonchev–Trinajstić information content (AvgIpc) is 3.24. The Bertz CT molecular complexity index is 1740. The van der Waals surface area contributed by atoms with Gasteiger partial charge >= 0.3 is 18.4 Å². The van der Waals surface area contributed by atoms with Crippen LogP contribution in [0.1, 0.15) is 50.7 Å². The number of ether oxygens (including phenoxy) is 3. The van der Waals surface area contributed by atoms with Crippen molar-refractivity contribution in [2.24, 2.45) is 5.92 Å². The van der Waals surface area contributed by atoms with E-state index in [4.69, 9.17) is 14.2 Å². The first-order chi connectivity index (χ1) is 24.7. The number of halogens is 6. The number of alkyl halides is 6. The zero-order valence-corrected chi connectivity index (χ0v) is 28.7. The molecule has 2 aromatic carbocycles. The summed E-state index contributed by atoms with van der Waals surface area (Å²) >= 11 is 0. The van der Waals surface area contributed by atoms with Crippen LogP contribution < -0.4 is 14.8 Å². The van der Waals surface area contributed by atoms with Gasteiger partial charge in [0, 0.05) is 18.9 Å². The van der Waals surface area contributed by atoms with Crippen LogP contribution in [0.25, 0.3) is 0 Å². The van der Waals surface area contributed by atoms with Gasteiger partial charge in [-0.3, -0.25) is 9.69 Å². The summed E-state index contributed by atoms with van der Waals surface area (Å²) in [5.41, 5.74) is -4.74. The van der Waals surface area contributed by atoms with Crippen LogP contribution in [0.4, 0.5) is 31.1 Å². The molecule has 52 heavy (non-hydrogen) atoms. The van der Waals surface area contributed by atoms with E-state index >= 15 is 0 Å². The number of urea groups is 1. The highest BCUT2D eigenvalue weighted by Crippen LogP contribution is 2.50. The van der Waals surface area contributed by atoms with Crippen LogP contribution in [0.15, 0.2) is 95.8 Å². The fourth-order valence-corrected chi connectivity index (χ4v) is 6.52. The van der Waals surface area contributed by atoms with Crippen molar-refractivity contribution in [3.8, 4) is 11.5 Å². The fraction of sp³-hybridized carbons (Fsp3) is 0.421. The van der Waals surface area contributed by atoms with E-state index in [9.17, 15) is 41.0 Å². The van der Waals surface area contributed by atoms with Gasteiger partial charge in [-0.05, 0) is 67.0 Å². The van der Waals surface area contributed by atoms with E-state index in [0.29, 0.717) is 41.9 Å². The molecule has 2 N–H and O–H groups in total. The van der Waals surface area contributed by atoms with Gasteiger partial charge in [-0.15, -0.1) is 0 Å². The molecule has 3 amide bonds. The second-order valence-corrected chi connectivity index (χ2v) is 12.7.